The van der Waals surface area contributed by atoms with Crippen LogP contribution in [0.2, 0.25) is 0 Å². The number of hydrogen-bond donors (Lipinski definition) is 2. The number of rotatable bonds is 6. The van der Waals surface area contributed by atoms with Gasteiger partial charge in [-0.3, -0.25) is 14.9 Å². The first-order valence-corrected chi connectivity index (χ1v) is 9.54. The minimum absolute atomic E-state index is 0.0419. The first kappa shape index (κ1) is 19.8. The molecule has 3 aromatic carbocycles. The molecule has 7 heteroatoms. The SMILES string of the molecule is O=C(N/N=C\C=C\c1ccccc1)c1[nH]c2ccc([N+](=O)[O-])cc2c1-c1ccccc1. The van der Waals surface area contributed by atoms with Crippen LogP contribution in [0.5, 0.6) is 0 Å². The number of amides is 1. The van der Waals surface area contributed by atoms with Crippen LogP contribution in [0.4, 0.5) is 5.69 Å². The van der Waals surface area contributed by atoms with E-state index in [2.05, 4.69) is 15.5 Å². The molecule has 0 aliphatic carbocycles. The summed E-state index contributed by atoms with van der Waals surface area (Å²) < 4.78 is 0. The summed E-state index contributed by atoms with van der Waals surface area (Å²) in [6.07, 6.45) is 5.08. The van der Waals surface area contributed by atoms with Crippen molar-refractivity contribution >= 4 is 34.8 Å². The van der Waals surface area contributed by atoms with Gasteiger partial charge in [-0.25, -0.2) is 5.43 Å². The molecule has 1 aromatic heterocycles. The molecule has 7 nitrogen and oxygen atoms in total. The van der Waals surface area contributed by atoms with Crippen LogP contribution in [-0.2, 0) is 0 Å². The third kappa shape index (κ3) is 4.40. The molecule has 4 aromatic rings. The number of nitrogens with one attached hydrogen (secondary N) is 2. The van der Waals surface area contributed by atoms with Gasteiger partial charge in [0.25, 0.3) is 11.6 Å². The minimum atomic E-state index is -0.454. The lowest BCUT2D eigenvalue weighted by Gasteiger charge is -2.04. The van der Waals surface area contributed by atoms with Gasteiger partial charge >= 0.3 is 0 Å². The number of aromatic amines is 1. The molecule has 0 fully saturated rings. The Hall–Kier alpha value is -4.52. The number of H-pyrrole nitrogens is 1. The maximum atomic E-state index is 12.8. The number of non-ortho nitro benzene ring substituents is 1. The summed E-state index contributed by atoms with van der Waals surface area (Å²) in [6, 6.07) is 23.5. The Kier molecular flexibility index (Phi) is 5.66. The van der Waals surface area contributed by atoms with Crippen LogP contribution >= 0.6 is 0 Å². The van der Waals surface area contributed by atoms with E-state index in [0.717, 1.165) is 11.1 Å². The van der Waals surface area contributed by atoms with E-state index < -0.39 is 10.8 Å². The predicted octanol–water partition coefficient (Wildman–Crippen LogP) is 5.17. The standard InChI is InChI=1S/C24H18N4O3/c29-24(27-25-15-7-10-17-8-3-1-4-9-17)23-22(18-11-5-2-6-12-18)20-16-19(28(30)31)13-14-21(20)26-23/h1-16,26H,(H,27,29)/b10-7+,25-15-. The molecule has 0 atom stereocenters. The van der Waals surface area contributed by atoms with Crippen LogP contribution in [0.3, 0.4) is 0 Å². The first-order chi connectivity index (χ1) is 15.1. The fourth-order valence-electron chi connectivity index (χ4n) is 3.28. The molecule has 0 unspecified atom stereocenters. The van der Waals surface area contributed by atoms with E-state index in [1.54, 1.807) is 12.1 Å². The molecule has 4 rings (SSSR count). The molecular formula is C24H18N4O3. The highest BCUT2D eigenvalue weighted by molar-refractivity contribution is 6.10. The van der Waals surface area contributed by atoms with Crippen LogP contribution in [0, 0.1) is 10.1 Å². The number of fused-ring (bicyclic) bond motifs is 1. The second kappa shape index (κ2) is 8.87. The van der Waals surface area contributed by atoms with E-state index in [9.17, 15) is 14.9 Å². The van der Waals surface area contributed by atoms with Crippen LogP contribution in [-0.4, -0.2) is 22.0 Å². The van der Waals surface area contributed by atoms with Crippen molar-refractivity contribution in [3.8, 4) is 11.1 Å². The van der Waals surface area contributed by atoms with E-state index in [4.69, 9.17) is 0 Å². The highest BCUT2D eigenvalue weighted by Crippen LogP contribution is 2.34. The molecule has 1 amide bonds. The molecular weight excluding hydrogens is 392 g/mol. The molecule has 0 saturated heterocycles. The number of nitrogens with zero attached hydrogens (tertiary/aromatic N) is 2. The van der Waals surface area contributed by atoms with Crippen molar-refractivity contribution in [2.45, 2.75) is 0 Å². The molecule has 1 heterocycles. The quantitative estimate of drug-likeness (QED) is 0.260. The van der Waals surface area contributed by atoms with Crippen LogP contribution in [0.25, 0.3) is 28.1 Å². The van der Waals surface area contributed by atoms with E-state index in [-0.39, 0.29) is 11.4 Å². The van der Waals surface area contributed by atoms with Crippen molar-refractivity contribution in [2.24, 2.45) is 5.10 Å². The average Bonchev–Trinajstić information content (AvgIpc) is 3.19. The lowest BCUT2D eigenvalue weighted by Crippen LogP contribution is -2.18. The Balaban J connectivity index is 1.64. The topological polar surface area (TPSA) is 100 Å². The number of aromatic nitrogens is 1. The highest BCUT2D eigenvalue weighted by Gasteiger charge is 2.20. The summed E-state index contributed by atoms with van der Waals surface area (Å²) in [5, 5.41) is 15.8. The number of carbonyl (C=O) groups is 1. The van der Waals surface area contributed by atoms with Crippen LogP contribution in [0.1, 0.15) is 16.1 Å². The summed E-state index contributed by atoms with van der Waals surface area (Å²) in [5.74, 6) is -0.443. The van der Waals surface area contributed by atoms with Crippen molar-refractivity contribution in [3.63, 3.8) is 0 Å². The number of nitro benzene ring substituents is 1. The predicted molar refractivity (Wildman–Crippen MR) is 122 cm³/mol. The average molecular weight is 410 g/mol. The number of allylic oxidation sites excluding steroid dienone is 1. The zero-order valence-electron chi connectivity index (χ0n) is 16.4. The van der Waals surface area contributed by atoms with Gasteiger partial charge in [-0.2, -0.15) is 5.10 Å². The lowest BCUT2D eigenvalue weighted by molar-refractivity contribution is -0.384. The van der Waals surface area contributed by atoms with Crippen molar-refractivity contribution in [1.82, 2.24) is 10.4 Å². The smallest absolute Gasteiger partial charge is 0.288 e. The third-order valence-electron chi connectivity index (χ3n) is 4.70. The zero-order chi connectivity index (χ0) is 21.6. The van der Waals surface area contributed by atoms with Gasteiger partial charge in [0.15, 0.2) is 0 Å². The van der Waals surface area contributed by atoms with Crippen LogP contribution in [0.15, 0.2) is 90.0 Å². The molecule has 0 aliphatic heterocycles. The number of carbonyl (C=O) groups excluding carboxylic acids is 1. The van der Waals surface area contributed by atoms with E-state index in [1.165, 1.54) is 18.3 Å². The number of benzene rings is 3. The molecule has 152 valence electrons. The highest BCUT2D eigenvalue weighted by atomic mass is 16.6. The van der Waals surface area contributed by atoms with Gasteiger partial charge in [0.2, 0.25) is 0 Å². The minimum Gasteiger partial charge on any atom is -0.350 e. The maximum absolute atomic E-state index is 12.8. The first-order valence-electron chi connectivity index (χ1n) is 9.54. The van der Waals surface area contributed by atoms with Gasteiger partial charge in [0, 0.05) is 34.8 Å². The maximum Gasteiger partial charge on any atom is 0.288 e. The molecule has 2 N–H and O–H groups in total. The van der Waals surface area contributed by atoms with Crippen molar-refractivity contribution in [3.05, 3.63) is 106 Å². The zero-order valence-corrected chi connectivity index (χ0v) is 16.4. The lowest BCUT2D eigenvalue weighted by atomic mass is 10.0. The van der Waals surface area contributed by atoms with E-state index in [1.807, 2.05) is 66.7 Å². The number of nitro groups is 1. The van der Waals surface area contributed by atoms with Gasteiger partial charge in [0.1, 0.15) is 5.69 Å². The molecule has 0 radical (unpaired) electrons. The third-order valence-corrected chi connectivity index (χ3v) is 4.70. The van der Waals surface area contributed by atoms with Gasteiger partial charge in [0.05, 0.1) is 4.92 Å². The molecule has 0 aliphatic rings. The fraction of sp³-hybridized carbons (Fsp3) is 0. The molecule has 31 heavy (non-hydrogen) atoms. The van der Waals surface area contributed by atoms with Gasteiger partial charge in [-0.05, 0) is 23.3 Å². The van der Waals surface area contributed by atoms with E-state index >= 15 is 0 Å². The van der Waals surface area contributed by atoms with Crippen molar-refractivity contribution in [1.29, 1.82) is 0 Å². The Morgan fingerprint density at radius 2 is 1.71 bits per heavy atom. The largest absolute Gasteiger partial charge is 0.350 e. The molecule has 0 spiro atoms. The number of hydrazone groups is 1. The summed E-state index contributed by atoms with van der Waals surface area (Å²) in [6.45, 7) is 0. The second-order valence-electron chi connectivity index (χ2n) is 6.72. The monoisotopic (exact) mass is 410 g/mol. The molecule has 0 saturated carbocycles. The van der Waals surface area contributed by atoms with Gasteiger partial charge in [-0.1, -0.05) is 66.7 Å². The van der Waals surface area contributed by atoms with Crippen molar-refractivity contribution in [2.75, 3.05) is 0 Å². The Labute approximate surface area is 177 Å². The molecule has 0 bridgehead atoms. The van der Waals surface area contributed by atoms with Crippen LogP contribution < -0.4 is 5.43 Å². The van der Waals surface area contributed by atoms with Gasteiger partial charge < -0.3 is 4.98 Å². The summed E-state index contributed by atoms with van der Waals surface area (Å²) in [5.41, 5.74) is 5.75. The Morgan fingerprint density at radius 1 is 1.00 bits per heavy atom. The van der Waals surface area contributed by atoms with Crippen molar-refractivity contribution < 1.29 is 9.72 Å². The van der Waals surface area contributed by atoms with E-state index in [0.29, 0.717) is 16.5 Å². The van der Waals surface area contributed by atoms with Gasteiger partial charge in [-0.15, -0.1) is 0 Å². The second-order valence-corrected chi connectivity index (χ2v) is 6.72. The summed E-state index contributed by atoms with van der Waals surface area (Å²) in [4.78, 5) is 26.7. The fourth-order valence-corrected chi connectivity index (χ4v) is 3.28. The number of hydrogen-bond acceptors (Lipinski definition) is 4. The Bertz CT molecular complexity index is 1290. The summed E-state index contributed by atoms with van der Waals surface area (Å²) >= 11 is 0. The Morgan fingerprint density at radius 3 is 2.42 bits per heavy atom. The summed E-state index contributed by atoms with van der Waals surface area (Å²) in [7, 11) is 0. The normalized spacial score (nSPS) is 11.4.